The maximum atomic E-state index is 13.4. The molecule has 0 aliphatic heterocycles. The smallest absolute Gasteiger partial charge is 0.410 e. The van der Waals surface area contributed by atoms with Gasteiger partial charge in [-0.25, -0.2) is 4.79 Å². The molecule has 0 spiro atoms. The summed E-state index contributed by atoms with van der Waals surface area (Å²) in [6, 6.07) is 16.5. The largest absolute Gasteiger partial charge is 0.480 e. The lowest BCUT2D eigenvalue weighted by Gasteiger charge is -2.59. The average molecular weight is 432 g/mol. The molecule has 0 unspecified atom stereocenters. The average Bonchev–Trinajstić information content (AvgIpc) is 3.08. The first-order chi connectivity index (χ1) is 15.5. The number of carbonyl (C=O) groups is 2. The molecule has 166 valence electrons. The standard InChI is InChI=1S/C27H29NO4/c29-25(30)15-28(27-12-17-9-18(13-27)11-19(10-17)14-27)26(31)32-16-24-22-7-3-1-5-20(22)21-6-2-4-8-23(21)24/h1-8,17-19,24H,9-16H2,(H,29,30). The number of nitrogens with zero attached hydrogens (tertiary/aromatic N) is 1. The van der Waals surface area contributed by atoms with E-state index in [4.69, 9.17) is 4.74 Å². The van der Waals surface area contributed by atoms with Gasteiger partial charge in [-0.15, -0.1) is 0 Å². The maximum absolute atomic E-state index is 13.4. The molecule has 5 heteroatoms. The Morgan fingerprint density at radius 2 is 1.38 bits per heavy atom. The van der Waals surface area contributed by atoms with E-state index in [0.717, 1.165) is 19.3 Å². The fraction of sp³-hybridized carbons (Fsp3) is 0.481. The van der Waals surface area contributed by atoms with Crippen molar-refractivity contribution in [2.75, 3.05) is 13.2 Å². The predicted molar refractivity (Wildman–Crippen MR) is 120 cm³/mol. The molecule has 5 nitrogen and oxygen atoms in total. The first-order valence-corrected chi connectivity index (χ1v) is 11.9. The van der Waals surface area contributed by atoms with Crippen molar-refractivity contribution < 1.29 is 19.4 Å². The Kier molecular flexibility index (Phi) is 4.56. The third-order valence-corrected chi connectivity index (χ3v) is 8.43. The van der Waals surface area contributed by atoms with E-state index in [-0.39, 0.29) is 24.6 Å². The molecule has 7 rings (SSSR count). The van der Waals surface area contributed by atoms with E-state index < -0.39 is 12.1 Å². The van der Waals surface area contributed by atoms with Gasteiger partial charge in [0.05, 0.1) is 0 Å². The van der Waals surface area contributed by atoms with Crippen LogP contribution in [0.2, 0.25) is 0 Å². The Hall–Kier alpha value is -2.82. The van der Waals surface area contributed by atoms with Crippen LogP contribution in [-0.2, 0) is 9.53 Å². The van der Waals surface area contributed by atoms with E-state index in [1.165, 1.54) is 41.5 Å². The third kappa shape index (κ3) is 3.13. The second kappa shape index (κ2) is 7.36. The molecular formula is C27H29NO4. The highest BCUT2D eigenvalue weighted by molar-refractivity contribution is 5.80. The molecule has 0 aromatic heterocycles. The number of aliphatic carboxylic acids is 1. The number of rotatable bonds is 5. The second-order valence-corrected chi connectivity index (χ2v) is 10.4. The van der Waals surface area contributed by atoms with Gasteiger partial charge in [0.15, 0.2) is 0 Å². The van der Waals surface area contributed by atoms with Crippen LogP contribution in [0.15, 0.2) is 48.5 Å². The number of fused-ring (bicyclic) bond motifs is 3. The number of benzene rings is 2. The van der Waals surface area contributed by atoms with Gasteiger partial charge in [0.25, 0.3) is 0 Å². The highest BCUT2D eigenvalue weighted by atomic mass is 16.6. The maximum Gasteiger partial charge on any atom is 0.410 e. The Morgan fingerprint density at radius 3 is 1.88 bits per heavy atom. The van der Waals surface area contributed by atoms with Crippen LogP contribution in [0.5, 0.6) is 0 Å². The van der Waals surface area contributed by atoms with Crippen molar-refractivity contribution in [1.82, 2.24) is 4.90 Å². The van der Waals surface area contributed by atoms with Crippen LogP contribution in [-0.4, -0.2) is 40.8 Å². The van der Waals surface area contributed by atoms with Crippen molar-refractivity contribution in [1.29, 1.82) is 0 Å². The van der Waals surface area contributed by atoms with Crippen LogP contribution >= 0.6 is 0 Å². The highest BCUT2D eigenvalue weighted by Gasteiger charge is 2.55. The first kappa shape index (κ1) is 19.8. The number of carbonyl (C=O) groups excluding carboxylic acids is 1. The lowest BCUT2D eigenvalue weighted by Crippen LogP contribution is -2.62. The molecule has 1 amide bonds. The summed E-state index contributed by atoms with van der Waals surface area (Å²) in [6.45, 7) is -0.0435. The van der Waals surface area contributed by atoms with Gasteiger partial charge in [0.2, 0.25) is 0 Å². The van der Waals surface area contributed by atoms with E-state index in [1.807, 2.05) is 24.3 Å². The van der Waals surface area contributed by atoms with Crippen LogP contribution in [0, 0.1) is 17.8 Å². The number of carboxylic acids is 1. The summed E-state index contributed by atoms with van der Waals surface area (Å²) in [4.78, 5) is 26.8. The molecule has 0 heterocycles. The fourth-order valence-corrected chi connectivity index (χ4v) is 7.63. The van der Waals surface area contributed by atoms with Crippen LogP contribution in [0.1, 0.15) is 55.6 Å². The zero-order valence-corrected chi connectivity index (χ0v) is 18.2. The van der Waals surface area contributed by atoms with Gasteiger partial charge in [0.1, 0.15) is 13.2 Å². The van der Waals surface area contributed by atoms with Gasteiger partial charge < -0.3 is 9.84 Å². The van der Waals surface area contributed by atoms with Crippen LogP contribution in [0.4, 0.5) is 4.79 Å². The van der Waals surface area contributed by atoms with Gasteiger partial charge in [-0.1, -0.05) is 48.5 Å². The van der Waals surface area contributed by atoms with Gasteiger partial charge >= 0.3 is 12.1 Å². The summed E-state index contributed by atoms with van der Waals surface area (Å²) in [7, 11) is 0. The minimum Gasteiger partial charge on any atom is -0.480 e. The molecule has 5 aliphatic rings. The number of ether oxygens (including phenoxy) is 1. The minimum atomic E-state index is -0.964. The zero-order chi connectivity index (χ0) is 21.9. The molecule has 32 heavy (non-hydrogen) atoms. The van der Waals surface area contributed by atoms with Gasteiger partial charge in [-0.2, -0.15) is 0 Å². The Bertz CT molecular complexity index is 996. The molecule has 0 radical (unpaired) electrons. The molecule has 4 saturated carbocycles. The molecule has 4 fully saturated rings. The van der Waals surface area contributed by atoms with Crippen molar-refractivity contribution in [2.45, 2.75) is 50.0 Å². The molecule has 0 saturated heterocycles. The summed E-state index contributed by atoms with van der Waals surface area (Å²) in [5, 5.41) is 9.63. The minimum absolute atomic E-state index is 0.0191. The van der Waals surface area contributed by atoms with E-state index in [2.05, 4.69) is 24.3 Å². The van der Waals surface area contributed by atoms with Gasteiger partial charge in [0, 0.05) is 11.5 Å². The van der Waals surface area contributed by atoms with Crippen molar-refractivity contribution >= 4 is 12.1 Å². The number of hydrogen-bond acceptors (Lipinski definition) is 3. The Labute approximate surface area is 188 Å². The molecule has 4 bridgehead atoms. The topological polar surface area (TPSA) is 66.8 Å². The number of amides is 1. The molecule has 1 N–H and O–H groups in total. The normalized spacial score (nSPS) is 29.4. The SMILES string of the molecule is O=C(O)CN(C(=O)OCC1c2ccccc2-c2ccccc21)C12CC3CC(CC(C3)C1)C2. The molecule has 2 aromatic carbocycles. The van der Waals surface area contributed by atoms with E-state index in [0.29, 0.717) is 17.8 Å². The van der Waals surface area contributed by atoms with Crippen molar-refractivity contribution in [3.8, 4) is 11.1 Å². The number of carboxylic acid groups (broad SMARTS) is 1. The quantitative estimate of drug-likeness (QED) is 0.698. The van der Waals surface area contributed by atoms with Gasteiger partial charge in [-0.05, 0) is 78.5 Å². The Balaban J connectivity index is 1.25. The monoisotopic (exact) mass is 431 g/mol. The first-order valence-electron chi connectivity index (χ1n) is 11.9. The van der Waals surface area contributed by atoms with E-state index in [9.17, 15) is 14.7 Å². The lowest BCUT2D eigenvalue weighted by molar-refractivity contribution is -0.143. The van der Waals surface area contributed by atoms with E-state index in [1.54, 1.807) is 4.90 Å². The van der Waals surface area contributed by atoms with Crippen molar-refractivity contribution in [3.63, 3.8) is 0 Å². The third-order valence-electron chi connectivity index (χ3n) is 8.43. The van der Waals surface area contributed by atoms with Gasteiger partial charge in [-0.3, -0.25) is 9.69 Å². The molecule has 0 atom stereocenters. The summed E-state index contributed by atoms with van der Waals surface area (Å²) >= 11 is 0. The lowest BCUT2D eigenvalue weighted by atomic mass is 9.52. The van der Waals surface area contributed by atoms with E-state index >= 15 is 0 Å². The van der Waals surface area contributed by atoms with Crippen LogP contribution in [0.3, 0.4) is 0 Å². The Morgan fingerprint density at radius 1 is 0.875 bits per heavy atom. The molecule has 5 aliphatic carbocycles. The molecule has 2 aromatic rings. The van der Waals surface area contributed by atoms with Crippen LogP contribution in [0.25, 0.3) is 11.1 Å². The molecular weight excluding hydrogens is 402 g/mol. The van der Waals surface area contributed by atoms with Crippen molar-refractivity contribution in [3.05, 3.63) is 59.7 Å². The second-order valence-electron chi connectivity index (χ2n) is 10.4. The highest BCUT2D eigenvalue weighted by Crippen LogP contribution is 2.58. The number of hydrogen-bond donors (Lipinski definition) is 1. The summed E-state index contributed by atoms with van der Waals surface area (Å²) in [6.07, 6.45) is 6.04. The summed E-state index contributed by atoms with van der Waals surface area (Å²) in [5.41, 5.74) is 4.37. The van der Waals surface area contributed by atoms with Crippen molar-refractivity contribution in [2.24, 2.45) is 17.8 Å². The van der Waals surface area contributed by atoms with Crippen LogP contribution < -0.4 is 0 Å². The predicted octanol–water partition coefficient (Wildman–Crippen LogP) is 5.29. The summed E-state index contributed by atoms with van der Waals surface area (Å²) < 4.78 is 5.92. The fourth-order valence-electron chi connectivity index (χ4n) is 7.63. The zero-order valence-electron chi connectivity index (χ0n) is 18.2. The summed E-state index contributed by atoms with van der Waals surface area (Å²) in [5.74, 6) is 0.889.